The van der Waals surface area contributed by atoms with Gasteiger partial charge in [-0.05, 0) is 31.4 Å². The van der Waals surface area contributed by atoms with E-state index in [1.54, 1.807) is 7.11 Å². The van der Waals surface area contributed by atoms with Crippen LogP contribution >= 0.6 is 0 Å². The first-order valence-corrected chi connectivity index (χ1v) is 9.80. The van der Waals surface area contributed by atoms with Gasteiger partial charge in [-0.15, -0.1) is 0 Å². The van der Waals surface area contributed by atoms with Crippen LogP contribution < -0.4 is 0 Å². The Hall–Kier alpha value is -2.24. The van der Waals surface area contributed by atoms with Crippen LogP contribution in [0.5, 0.6) is 0 Å². The number of methoxy groups -OCH3 is 1. The van der Waals surface area contributed by atoms with Crippen molar-refractivity contribution in [1.29, 1.82) is 0 Å². The molecular weight excluding hydrogens is 421 g/mol. The summed E-state index contributed by atoms with van der Waals surface area (Å²) >= 11 is 0. The number of hydrogen-bond acceptors (Lipinski definition) is 6. The lowest BCUT2D eigenvalue weighted by Crippen LogP contribution is -2.33. The van der Waals surface area contributed by atoms with E-state index < -0.39 is 12.1 Å². The van der Waals surface area contributed by atoms with Gasteiger partial charge in [0.1, 0.15) is 6.61 Å². The maximum absolute atomic E-state index is 11.9. The Kier molecular flexibility index (Phi) is 9.20. The van der Waals surface area contributed by atoms with Crippen molar-refractivity contribution in [3.63, 3.8) is 0 Å². The maximum Gasteiger partial charge on any atom is 0.490 e. The summed E-state index contributed by atoms with van der Waals surface area (Å²) in [4.78, 5) is 27.1. The molecule has 0 saturated carbocycles. The first-order valence-electron chi connectivity index (χ1n) is 9.80. The third-order valence-electron chi connectivity index (χ3n) is 5.13. The molecule has 174 valence electrons. The van der Waals surface area contributed by atoms with Gasteiger partial charge in [0.15, 0.2) is 0 Å². The van der Waals surface area contributed by atoms with Crippen molar-refractivity contribution in [3.8, 4) is 0 Å². The Morgan fingerprint density at radius 1 is 1.32 bits per heavy atom. The van der Waals surface area contributed by atoms with Crippen molar-refractivity contribution < 1.29 is 42.1 Å². The minimum Gasteiger partial charge on any atom is -0.475 e. The Balaban J connectivity index is 0.000000423. The number of alkyl halides is 3. The standard InChI is InChI=1S/C18H26N2O4.C2HF3O2/c1-13-4-3-5-15(19-13)11-23-7-6-14-10-24-17-9-20(8-16(14)17)18(21)12-22-2;3-2(4,5)1(6)7/h3-5,14,16-17H,6-12H2,1-2H3;(H,6,7)/t14-,16-,17-;/m0./s1. The van der Waals surface area contributed by atoms with Crippen molar-refractivity contribution in [3.05, 3.63) is 29.6 Å². The zero-order chi connectivity index (χ0) is 23.0. The molecule has 11 heteroatoms. The van der Waals surface area contributed by atoms with Gasteiger partial charge in [0.25, 0.3) is 0 Å². The topological polar surface area (TPSA) is 98.2 Å². The van der Waals surface area contributed by atoms with Gasteiger partial charge in [0.2, 0.25) is 5.91 Å². The highest BCUT2D eigenvalue weighted by molar-refractivity contribution is 5.77. The summed E-state index contributed by atoms with van der Waals surface area (Å²) < 4.78 is 48.3. The lowest BCUT2D eigenvalue weighted by Gasteiger charge is -2.19. The fraction of sp³-hybridized carbons (Fsp3) is 0.650. The van der Waals surface area contributed by atoms with Crippen LogP contribution in [0.15, 0.2) is 18.2 Å². The van der Waals surface area contributed by atoms with Gasteiger partial charge >= 0.3 is 12.1 Å². The second-order valence-corrected chi connectivity index (χ2v) is 7.44. The minimum absolute atomic E-state index is 0.0519. The lowest BCUT2D eigenvalue weighted by molar-refractivity contribution is -0.192. The van der Waals surface area contributed by atoms with E-state index in [0.717, 1.165) is 31.0 Å². The van der Waals surface area contributed by atoms with Crippen LogP contribution in [0.25, 0.3) is 0 Å². The van der Waals surface area contributed by atoms with Crippen molar-refractivity contribution >= 4 is 11.9 Å². The number of halogens is 3. The Labute approximate surface area is 178 Å². The smallest absolute Gasteiger partial charge is 0.475 e. The highest BCUT2D eigenvalue weighted by Crippen LogP contribution is 2.35. The average molecular weight is 448 g/mol. The number of pyridine rings is 1. The summed E-state index contributed by atoms with van der Waals surface area (Å²) in [5.74, 6) is -1.82. The molecule has 0 bridgehead atoms. The van der Waals surface area contributed by atoms with Crippen molar-refractivity contribution in [2.24, 2.45) is 11.8 Å². The molecule has 2 aliphatic rings. The Bertz CT molecular complexity index is 746. The molecule has 8 nitrogen and oxygen atoms in total. The SMILES string of the molecule is COCC(=O)N1C[C@H]2[C@@H](CCOCc3cccc(C)n3)CO[C@H]2C1.O=C(O)C(F)(F)F. The molecule has 1 amide bonds. The number of fused-ring (bicyclic) bond motifs is 1. The molecule has 0 aromatic carbocycles. The van der Waals surface area contributed by atoms with Gasteiger partial charge in [-0.25, -0.2) is 4.79 Å². The van der Waals surface area contributed by atoms with E-state index in [9.17, 15) is 18.0 Å². The Morgan fingerprint density at radius 2 is 2.03 bits per heavy atom. The fourth-order valence-corrected chi connectivity index (χ4v) is 3.61. The van der Waals surface area contributed by atoms with E-state index in [2.05, 4.69) is 4.98 Å². The van der Waals surface area contributed by atoms with Crippen molar-refractivity contribution in [2.75, 3.05) is 40.0 Å². The summed E-state index contributed by atoms with van der Waals surface area (Å²) in [6, 6.07) is 5.97. The molecular formula is C20H27F3N2O6. The van der Waals surface area contributed by atoms with E-state index in [4.69, 9.17) is 24.1 Å². The van der Waals surface area contributed by atoms with Crippen LogP contribution in [-0.4, -0.2) is 79.2 Å². The predicted octanol–water partition coefficient (Wildman–Crippen LogP) is 2.05. The van der Waals surface area contributed by atoms with Gasteiger partial charge in [-0.2, -0.15) is 13.2 Å². The first-order chi connectivity index (χ1) is 14.6. The number of aryl methyl sites for hydroxylation is 1. The third-order valence-corrected chi connectivity index (χ3v) is 5.13. The summed E-state index contributed by atoms with van der Waals surface area (Å²) in [7, 11) is 1.55. The molecule has 1 N–H and O–H groups in total. The van der Waals surface area contributed by atoms with Crippen LogP contribution in [0.3, 0.4) is 0 Å². The number of aliphatic carboxylic acids is 1. The molecule has 3 rings (SSSR count). The van der Waals surface area contributed by atoms with Crippen LogP contribution in [-0.2, 0) is 30.4 Å². The molecule has 3 heterocycles. The molecule has 0 unspecified atom stereocenters. The number of ether oxygens (including phenoxy) is 3. The maximum atomic E-state index is 11.9. The zero-order valence-corrected chi connectivity index (χ0v) is 17.4. The van der Waals surface area contributed by atoms with Crippen LogP contribution in [0.4, 0.5) is 13.2 Å². The molecule has 1 aromatic rings. The summed E-state index contributed by atoms with van der Waals surface area (Å²) in [5, 5.41) is 7.12. The van der Waals surface area contributed by atoms with Crippen LogP contribution in [0.2, 0.25) is 0 Å². The normalized spacial score (nSPS) is 22.6. The molecule has 2 aliphatic heterocycles. The first kappa shape index (κ1) is 25.0. The van der Waals surface area contributed by atoms with E-state index in [0.29, 0.717) is 31.6 Å². The highest BCUT2D eigenvalue weighted by Gasteiger charge is 2.44. The van der Waals surface area contributed by atoms with Gasteiger partial charge < -0.3 is 24.2 Å². The molecule has 1 aromatic heterocycles. The predicted molar refractivity (Wildman–Crippen MR) is 102 cm³/mol. The molecule has 3 atom stereocenters. The molecule has 2 fully saturated rings. The molecule has 31 heavy (non-hydrogen) atoms. The fourth-order valence-electron chi connectivity index (χ4n) is 3.61. The summed E-state index contributed by atoms with van der Waals surface area (Å²) in [6.45, 7) is 5.61. The third kappa shape index (κ3) is 7.75. The van der Waals surface area contributed by atoms with Gasteiger partial charge in [0, 0.05) is 38.4 Å². The number of carbonyl (C=O) groups is 2. The zero-order valence-electron chi connectivity index (χ0n) is 17.4. The molecule has 0 aliphatic carbocycles. The second kappa shape index (κ2) is 11.4. The number of aromatic nitrogens is 1. The van der Waals surface area contributed by atoms with E-state index in [1.165, 1.54) is 0 Å². The number of carboxylic acids is 1. The number of amides is 1. The van der Waals surface area contributed by atoms with Crippen molar-refractivity contribution in [1.82, 2.24) is 9.88 Å². The summed E-state index contributed by atoms with van der Waals surface area (Å²) in [5.41, 5.74) is 1.97. The molecule has 2 saturated heterocycles. The van der Waals surface area contributed by atoms with Gasteiger partial charge in [-0.1, -0.05) is 6.07 Å². The monoisotopic (exact) mass is 448 g/mol. The van der Waals surface area contributed by atoms with Gasteiger partial charge in [-0.3, -0.25) is 9.78 Å². The van der Waals surface area contributed by atoms with E-state index in [1.807, 2.05) is 30.0 Å². The lowest BCUT2D eigenvalue weighted by atomic mass is 9.91. The van der Waals surface area contributed by atoms with E-state index >= 15 is 0 Å². The van der Waals surface area contributed by atoms with Crippen molar-refractivity contribution in [2.45, 2.75) is 32.2 Å². The average Bonchev–Trinajstić information content (AvgIpc) is 3.27. The molecule has 0 radical (unpaired) electrons. The summed E-state index contributed by atoms with van der Waals surface area (Å²) in [6.07, 6.45) is -3.95. The number of hydrogen-bond donors (Lipinski definition) is 1. The Morgan fingerprint density at radius 3 is 2.65 bits per heavy atom. The number of nitrogens with zero attached hydrogens (tertiary/aromatic N) is 2. The van der Waals surface area contributed by atoms with E-state index in [-0.39, 0.29) is 18.6 Å². The van der Waals surface area contributed by atoms with Crippen LogP contribution in [0, 0.1) is 18.8 Å². The minimum atomic E-state index is -5.08. The largest absolute Gasteiger partial charge is 0.490 e. The molecule has 0 spiro atoms. The number of carboxylic acid groups (broad SMARTS) is 1. The number of rotatable bonds is 7. The number of carbonyl (C=O) groups excluding carboxylic acids is 1. The van der Waals surface area contributed by atoms with Gasteiger partial charge in [0.05, 0.1) is 25.0 Å². The quantitative estimate of drug-likeness (QED) is 0.638. The second-order valence-electron chi connectivity index (χ2n) is 7.44. The number of likely N-dealkylation sites (tertiary alicyclic amines) is 1. The highest BCUT2D eigenvalue weighted by atomic mass is 19.4. The van der Waals surface area contributed by atoms with Crippen LogP contribution in [0.1, 0.15) is 17.8 Å².